The van der Waals surface area contributed by atoms with E-state index in [1.54, 1.807) is 6.08 Å². The lowest BCUT2D eigenvalue weighted by Gasteiger charge is -2.17. The molecule has 0 amide bonds. The number of rotatable bonds is 3. The van der Waals surface area contributed by atoms with E-state index < -0.39 is 5.60 Å². The monoisotopic (exact) mass is 246 g/mol. The summed E-state index contributed by atoms with van der Waals surface area (Å²) in [7, 11) is 0. The molecule has 1 aromatic carbocycles. The molecule has 0 aliphatic carbocycles. The molecule has 0 N–H and O–H groups in total. The highest BCUT2D eigenvalue weighted by molar-refractivity contribution is 5.87. The smallest absolute Gasteiger partial charge is 0.331 e. The van der Waals surface area contributed by atoms with Crippen LogP contribution in [0.15, 0.2) is 30.3 Å². The molecule has 0 radical (unpaired) electrons. The van der Waals surface area contributed by atoms with Crippen molar-refractivity contribution in [2.24, 2.45) is 0 Å². The Balaban J connectivity index is 2.73. The normalized spacial score (nSPS) is 12.1. The largest absolute Gasteiger partial charge is 0.457 e. The lowest BCUT2D eigenvalue weighted by atomic mass is 10.0. The molecule has 0 saturated carbocycles. The summed E-state index contributed by atoms with van der Waals surface area (Å²) >= 11 is 0. The Morgan fingerprint density at radius 3 is 2.50 bits per heavy atom. The predicted octanol–water partition coefficient (Wildman–Crippen LogP) is 4.16. The van der Waals surface area contributed by atoms with Gasteiger partial charge in [-0.3, -0.25) is 0 Å². The zero-order valence-electron chi connectivity index (χ0n) is 11.9. The first-order valence-electron chi connectivity index (χ1n) is 6.29. The van der Waals surface area contributed by atoms with Crippen LogP contribution in [0.1, 0.15) is 51.7 Å². The minimum atomic E-state index is -0.443. The van der Waals surface area contributed by atoms with Gasteiger partial charge in [0, 0.05) is 6.08 Å². The highest BCUT2D eigenvalue weighted by Crippen LogP contribution is 2.16. The molecule has 2 nitrogen and oxygen atoms in total. The number of hydrogen-bond donors (Lipinski definition) is 0. The van der Waals surface area contributed by atoms with E-state index >= 15 is 0 Å². The third-order valence-electron chi connectivity index (χ3n) is 2.40. The van der Waals surface area contributed by atoms with Crippen LogP contribution in [0.25, 0.3) is 6.08 Å². The summed E-state index contributed by atoms with van der Waals surface area (Å²) in [4.78, 5) is 11.5. The number of carbonyl (C=O) groups excluding carboxylic acids is 1. The van der Waals surface area contributed by atoms with Crippen LogP contribution in [-0.2, 0) is 9.53 Å². The summed E-state index contributed by atoms with van der Waals surface area (Å²) in [6, 6.07) is 8.16. The third kappa shape index (κ3) is 5.17. The van der Waals surface area contributed by atoms with Crippen LogP contribution in [-0.4, -0.2) is 11.6 Å². The van der Waals surface area contributed by atoms with Gasteiger partial charge >= 0.3 is 5.97 Å². The van der Waals surface area contributed by atoms with Crippen molar-refractivity contribution in [2.45, 2.75) is 46.1 Å². The standard InChI is InChI=1S/C16H22O2/c1-12(2)14-8-6-7-13(11-14)9-10-15(17)18-16(3,4)5/h6-12H,1-5H3/b10-9+. The first-order chi connectivity index (χ1) is 8.28. The van der Waals surface area contributed by atoms with Crippen LogP contribution < -0.4 is 0 Å². The zero-order chi connectivity index (χ0) is 13.8. The lowest BCUT2D eigenvalue weighted by molar-refractivity contribution is -0.148. The maximum atomic E-state index is 11.5. The summed E-state index contributed by atoms with van der Waals surface area (Å²) in [5.41, 5.74) is 1.84. The van der Waals surface area contributed by atoms with Gasteiger partial charge in [0.1, 0.15) is 5.60 Å². The SMILES string of the molecule is CC(C)c1cccc(/C=C/C(=O)OC(C)(C)C)c1. The van der Waals surface area contributed by atoms with Crippen LogP contribution in [0, 0.1) is 0 Å². The average Bonchev–Trinajstić information content (AvgIpc) is 2.24. The Bertz CT molecular complexity index is 437. The molecule has 0 saturated heterocycles. The van der Waals surface area contributed by atoms with E-state index in [4.69, 9.17) is 4.74 Å². The van der Waals surface area contributed by atoms with Crippen LogP contribution in [0.5, 0.6) is 0 Å². The Morgan fingerprint density at radius 1 is 1.28 bits per heavy atom. The molecule has 0 fully saturated rings. The maximum absolute atomic E-state index is 11.5. The van der Waals surface area contributed by atoms with Gasteiger partial charge in [-0.15, -0.1) is 0 Å². The van der Waals surface area contributed by atoms with Crippen molar-refractivity contribution in [3.05, 3.63) is 41.5 Å². The van der Waals surface area contributed by atoms with Gasteiger partial charge < -0.3 is 4.74 Å². The Morgan fingerprint density at radius 2 is 1.94 bits per heavy atom. The molecule has 2 heteroatoms. The molecule has 1 rings (SSSR count). The topological polar surface area (TPSA) is 26.3 Å². The number of ether oxygens (including phenoxy) is 1. The van der Waals surface area contributed by atoms with E-state index in [0.717, 1.165) is 5.56 Å². The van der Waals surface area contributed by atoms with Crippen molar-refractivity contribution in [1.29, 1.82) is 0 Å². The molecule has 0 aliphatic heterocycles. The summed E-state index contributed by atoms with van der Waals surface area (Å²) in [5.74, 6) is 0.178. The second-order valence-corrected chi connectivity index (χ2v) is 5.69. The van der Waals surface area contributed by atoms with Crippen molar-refractivity contribution < 1.29 is 9.53 Å². The van der Waals surface area contributed by atoms with Crippen molar-refractivity contribution in [3.63, 3.8) is 0 Å². The van der Waals surface area contributed by atoms with Gasteiger partial charge in [-0.1, -0.05) is 38.1 Å². The van der Waals surface area contributed by atoms with Crippen molar-refractivity contribution in [1.82, 2.24) is 0 Å². The van der Waals surface area contributed by atoms with Crippen molar-refractivity contribution >= 4 is 12.0 Å². The fraction of sp³-hybridized carbons (Fsp3) is 0.438. The van der Waals surface area contributed by atoms with Crippen molar-refractivity contribution in [3.8, 4) is 0 Å². The first-order valence-corrected chi connectivity index (χ1v) is 6.29. The molecule has 0 atom stereocenters. The van der Waals surface area contributed by atoms with E-state index in [2.05, 4.69) is 26.0 Å². The minimum absolute atomic E-state index is 0.308. The van der Waals surface area contributed by atoms with E-state index in [-0.39, 0.29) is 5.97 Å². The van der Waals surface area contributed by atoms with Crippen LogP contribution in [0.3, 0.4) is 0 Å². The number of carbonyl (C=O) groups is 1. The van der Waals surface area contributed by atoms with Gasteiger partial charge in [0.25, 0.3) is 0 Å². The number of benzene rings is 1. The lowest BCUT2D eigenvalue weighted by Crippen LogP contribution is -2.22. The molecule has 0 spiro atoms. The van der Waals surface area contributed by atoms with Gasteiger partial charge in [0.15, 0.2) is 0 Å². The third-order valence-corrected chi connectivity index (χ3v) is 2.40. The van der Waals surface area contributed by atoms with Gasteiger partial charge in [0.2, 0.25) is 0 Å². The van der Waals surface area contributed by atoms with E-state index in [1.807, 2.05) is 32.9 Å². The van der Waals surface area contributed by atoms with Gasteiger partial charge in [-0.05, 0) is 43.9 Å². The quantitative estimate of drug-likeness (QED) is 0.591. The zero-order valence-corrected chi connectivity index (χ0v) is 11.9. The van der Waals surface area contributed by atoms with E-state index in [1.165, 1.54) is 11.6 Å². The Kier molecular flexibility index (Phi) is 4.71. The molecule has 0 aromatic heterocycles. The second kappa shape index (κ2) is 5.85. The van der Waals surface area contributed by atoms with E-state index in [9.17, 15) is 4.79 Å². The summed E-state index contributed by atoms with van der Waals surface area (Å²) in [6.45, 7) is 9.88. The average molecular weight is 246 g/mol. The Hall–Kier alpha value is -1.57. The van der Waals surface area contributed by atoms with Gasteiger partial charge in [-0.25, -0.2) is 4.79 Å². The fourth-order valence-corrected chi connectivity index (χ4v) is 1.52. The minimum Gasteiger partial charge on any atom is -0.457 e. The van der Waals surface area contributed by atoms with E-state index in [0.29, 0.717) is 5.92 Å². The van der Waals surface area contributed by atoms with Crippen LogP contribution in [0.2, 0.25) is 0 Å². The molecule has 0 aliphatic rings. The van der Waals surface area contributed by atoms with Crippen LogP contribution in [0.4, 0.5) is 0 Å². The van der Waals surface area contributed by atoms with Crippen LogP contribution >= 0.6 is 0 Å². The predicted molar refractivity (Wildman–Crippen MR) is 75.4 cm³/mol. The molecular formula is C16H22O2. The number of esters is 1. The van der Waals surface area contributed by atoms with Crippen molar-refractivity contribution in [2.75, 3.05) is 0 Å². The summed E-state index contributed by atoms with van der Waals surface area (Å²) in [5, 5.41) is 0. The summed E-state index contributed by atoms with van der Waals surface area (Å²) in [6.07, 6.45) is 3.27. The molecule has 0 heterocycles. The molecule has 0 bridgehead atoms. The van der Waals surface area contributed by atoms with Gasteiger partial charge in [-0.2, -0.15) is 0 Å². The fourth-order valence-electron chi connectivity index (χ4n) is 1.52. The first kappa shape index (κ1) is 14.5. The summed E-state index contributed by atoms with van der Waals surface area (Å²) < 4.78 is 5.21. The highest BCUT2D eigenvalue weighted by Gasteiger charge is 2.13. The molecule has 98 valence electrons. The Labute approximate surface area is 110 Å². The number of hydrogen-bond acceptors (Lipinski definition) is 2. The molecule has 0 unspecified atom stereocenters. The molecule has 18 heavy (non-hydrogen) atoms. The maximum Gasteiger partial charge on any atom is 0.331 e. The van der Waals surface area contributed by atoms with Gasteiger partial charge in [0.05, 0.1) is 0 Å². The molecular weight excluding hydrogens is 224 g/mol. The highest BCUT2D eigenvalue weighted by atomic mass is 16.6. The second-order valence-electron chi connectivity index (χ2n) is 5.69. The molecule has 1 aromatic rings.